The first-order chi connectivity index (χ1) is 12.3. The van der Waals surface area contributed by atoms with E-state index in [0.717, 1.165) is 24.0 Å². The monoisotopic (exact) mass is 409 g/mol. The van der Waals surface area contributed by atoms with Gasteiger partial charge in [-0.15, -0.1) is 0 Å². The number of hydrogen-bond donors (Lipinski definition) is 1. The van der Waals surface area contributed by atoms with Crippen molar-refractivity contribution in [1.82, 2.24) is 5.32 Å². The van der Waals surface area contributed by atoms with Crippen LogP contribution in [0.25, 0.3) is 6.08 Å². The van der Waals surface area contributed by atoms with E-state index in [2.05, 4.69) is 17.4 Å². The maximum Gasteiger partial charge on any atom is 0.168 e. The molecular formula is C20H21Cl2NO2S. The Labute approximate surface area is 164 Å². The molecule has 0 bridgehead atoms. The van der Waals surface area contributed by atoms with E-state index in [1.54, 1.807) is 6.08 Å². The summed E-state index contributed by atoms with van der Waals surface area (Å²) in [6, 6.07) is 12.2. The molecule has 0 aromatic heterocycles. The highest BCUT2D eigenvalue weighted by atomic mass is 35.5. The van der Waals surface area contributed by atoms with Gasteiger partial charge in [0.25, 0.3) is 0 Å². The van der Waals surface area contributed by atoms with Crippen molar-refractivity contribution in [2.75, 3.05) is 13.3 Å². The van der Waals surface area contributed by atoms with Crippen LogP contribution in [-0.4, -0.2) is 21.7 Å². The molecule has 3 nitrogen and oxygen atoms in total. The van der Waals surface area contributed by atoms with Crippen molar-refractivity contribution in [3.8, 4) is 0 Å². The molecule has 6 heteroatoms. The zero-order chi connectivity index (χ0) is 18.9. The first-order valence-electron chi connectivity index (χ1n) is 8.42. The van der Waals surface area contributed by atoms with Gasteiger partial charge in [0.2, 0.25) is 0 Å². The average molecular weight is 410 g/mol. The standard InChI is InChI=1S/C20H21Cl2NO2S/c1-23-20-8-6-15(14-4-7-18(21)19(22)12-14)16-5-3-13(11-17(16)20)9-10-26(2,24)25/h3-5,7,9-12,15,20,23H,6,8H2,1-2H3/b10-9-. The highest BCUT2D eigenvalue weighted by Gasteiger charge is 2.27. The lowest BCUT2D eigenvalue weighted by Gasteiger charge is -2.32. The molecule has 2 aromatic carbocycles. The van der Waals surface area contributed by atoms with Crippen molar-refractivity contribution < 1.29 is 8.42 Å². The number of fused-ring (bicyclic) bond motifs is 1. The number of halogens is 2. The van der Waals surface area contributed by atoms with Gasteiger partial charge in [0.05, 0.1) is 10.0 Å². The summed E-state index contributed by atoms with van der Waals surface area (Å²) in [6.07, 6.45) is 4.84. The minimum absolute atomic E-state index is 0.246. The molecule has 2 aromatic rings. The summed E-state index contributed by atoms with van der Waals surface area (Å²) in [5.74, 6) is 0.248. The SMILES string of the molecule is CNC1CCC(c2ccc(Cl)c(Cl)c2)c2ccc(/C=C\S(C)(=O)=O)cc21. The molecule has 26 heavy (non-hydrogen) atoms. The Balaban J connectivity index is 2.04. The summed E-state index contributed by atoms with van der Waals surface area (Å²) in [5.41, 5.74) is 4.47. The third-order valence-electron chi connectivity index (χ3n) is 4.81. The fraction of sp³-hybridized carbons (Fsp3) is 0.300. The topological polar surface area (TPSA) is 46.2 Å². The average Bonchev–Trinajstić information content (AvgIpc) is 2.60. The van der Waals surface area contributed by atoms with Gasteiger partial charge in [0.15, 0.2) is 9.84 Å². The largest absolute Gasteiger partial charge is 0.313 e. The van der Waals surface area contributed by atoms with Gasteiger partial charge in [0.1, 0.15) is 0 Å². The second-order valence-corrected chi connectivity index (χ2v) is 9.41. The van der Waals surface area contributed by atoms with Crippen molar-refractivity contribution in [3.05, 3.63) is 74.1 Å². The summed E-state index contributed by atoms with van der Waals surface area (Å²) < 4.78 is 22.8. The first kappa shape index (κ1) is 19.4. The quantitative estimate of drug-likeness (QED) is 0.754. The van der Waals surface area contributed by atoms with E-state index in [1.807, 2.05) is 31.3 Å². The van der Waals surface area contributed by atoms with Crippen LogP contribution in [0.5, 0.6) is 0 Å². The van der Waals surface area contributed by atoms with Gasteiger partial charge in [-0.3, -0.25) is 0 Å². The van der Waals surface area contributed by atoms with Crippen LogP contribution in [0.4, 0.5) is 0 Å². The lowest BCUT2D eigenvalue weighted by Crippen LogP contribution is -2.24. The summed E-state index contributed by atoms with van der Waals surface area (Å²) in [6.45, 7) is 0. The van der Waals surface area contributed by atoms with Gasteiger partial charge in [-0.1, -0.05) is 41.4 Å². The Morgan fingerprint density at radius 2 is 1.81 bits per heavy atom. The predicted molar refractivity (Wildman–Crippen MR) is 110 cm³/mol. The first-order valence-corrected chi connectivity index (χ1v) is 11.1. The van der Waals surface area contributed by atoms with Gasteiger partial charge in [-0.25, -0.2) is 8.42 Å². The van der Waals surface area contributed by atoms with E-state index in [9.17, 15) is 8.42 Å². The molecule has 0 saturated carbocycles. The van der Waals surface area contributed by atoms with E-state index >= 15 is 0 Å². The zero-order valence-electron chi connectivity index (χ0n) is 14.7. The molecule has 0 radical (unpaired) electrons. The molecule has 0 aliphatic heterocycles. The smallest absolute Gasteiger partial charge is 0.168 e. The van der Waals surface area contributed by atoms with Gasteiger partial charge in [-0.2, -0.15) is 0 Å². The van der Waals surface area contributed by atoms with Crippen LogP contribution in [0.3, 0.4) is 0 Å². The summed E-state index contributed by atoms with van der Waals surface area (Å²) in [7, 11) is -1.20. The Morgan fingerprint density at radius 3 is 2.46 bits per heavy atom. The van der Waals surface area contributed by atoms with Crippen molar-refractivity contribution in [3.63, 3.8) is 0 Å². The Kier molecular flexibility index (Phi) is 5.78. The minimum atomic E-state index is -3.15. The molecule has 2 atom stereocenters. The molecule has 0 fully saturated rings. The van der Waals surface area contributed by atoms with E-state index in [1.165, 1.54) is 22.8 Å². The molecule has 1 aliphatic carbocycles. The molecule has 0 heterocycles. The maximum absolute atomic E-state index is 11.4. The number of sulfone groups is 1. The second-order valence-electron chi connectivity index (χ2n) is 6.67. The van der Waals surface area contributed by atoms with E-state index in [0.29, 0.717) is 10.0 Å². The number of benzene rings is 2. The van der Waals surface area contributed by atoms with Crippen molar-refractivity contribution in [1.29, 1.82) is 0 Å². The van der Waals surface area contributed by atoms with Gasteiger partial charge < -0.3 is 5.32 Å². The van der Waals surface area contributed by atoms with E-state index < -0.39 is 9.84 Å². The molecule has 0 amide bonds. The summed E-state index contributed by atoms with van der Waals surface area (Å²) in [4.78, 5) is 0. The summed E-state index contributed by atoms with van der Waals surface area (Å²) in [5, 5.41) is 5.72. The van der Waals surface area contributed by atoms with Gasteiger partial charge >= 0.3 is 0 Å². The predicted octanol–water partition coefficient (Wildman–Crippen LogP) is 5.19. The van der Waals surface area contributed by atoms with Crippen LogP contribution in [0.2, 0.25) is 10.0 Å². The molecule has 2 unspecified atom stereocenters. The van der Waals surface area contributed by atoms with Crippen LogP contribution in [0.1, 0.15) is 47.1 Å². The minimum Gasteiger partial charge on any atom is -0.313 e. The van der Waals surface area contributed by atoms with Crippen LogP contribution >= 0.6 is 23.2 Å². The molecular weight excluding hydrogens is 389 g/mol. The second kappa shape index (κ2) is 7.73. The Bertz CT molecular complexity index is 954. The van der Waals surface area contributed by atoms with Gasteiger partial charge in [-0.05, 0) is 66.4 Å². The molecule has 1 N–H and O–H groups in total. The van der Waals surface area contributed by atoms with E-state index in [4.69, 9.17) is 23.2 Å². The van der Waals surface area contributed by atoms with Gasteiger partial charge in [0, 0.05) is 23.6 Å². The normalized spacial score (nSPS) is 20.3. The van der Waals surface area contributed by atoms with Crippen LogP contribution in [-0.2, 0) is 9.84 Å². The molecule has 0 saturated heterocycles. The molecule has 1 aliphatic rings. The number of hydrogen-bond acceptors (Lipinski definition) is 3. The summed E-state index contributed by atoms with van der Waals surface area (Å²) >= 11 is 12.3. The Morgan fingerprint density at radius 1 is 1.04 bits per heavy atom. The number of rotatable bonds is 4. The van der Waals surface area contributed by atoms with Crippen molar-refractivity contribution in [2.45, 2.75) is 24.8 Å². The third kappa shape index (κ3) is 4.32. The number of nitrogens with one attached hydrogen (secondary N) is 1. The fourth-order valence-electron chi connectivity index (χ4n) is 3.54. The van der Waals surface area contributed by atoms with Crippen molar-refractivity contribution >= 4 is 39.1 Å². The molecule has 0 spiro atoms. The Hall–Kier alpha value is -1.33. The van der Waals surface area contributed by atoms with Crippen LogP contribution < -0.4 is 5.32 Å². The molecule has 3 rings (SSSR count). The highest BCUT2D eigenvalue weighted by Crippen LogP contribution is 2.42. The lowest BCUT2D eigenvalue weighted by molar-refractivity contribution is 0.471. The zero-order valence-corrected chi connectivity index (χ0v) is 17.0. The molecule has 138 valence electrons. The van der Waals surface area contributed by atoms with Crippen molar-refractivity contribution in [2.24, 2.45) is 0 Å². The maximum atomic E-state index is 11.4. The lowest BCUT2D eigenvalue weighted by atomic mass is 9.76. The van der Waals surface area contributed by atoms with Crippen LogP contribution in [0.15, 0.2) is 41.8 Å². The fourth-order valence-corrected chi connectivity index (χ4v) is 4.25. The third-order valence-corrected chi connectivity index (χ3v) is 6.18. The highest BCUT2D eigenvalue weighted by molar-refractivity contribution is 7.93. The van der Waals surface area contributed by atoms with E-state index in [-0.39, 0.29) is 12.0 Å². The van der Waals surface area contributed by atoms with Crippen LogP contribution in [0, 0.1) is 0 Å².